The predicted molar refractivity (Wildman–Crippen MR) is 113 cm³/mol. The van der Waals surface area contributed by atoms with Crippen LogP contribution in [0.2, 0.25) is 0 Å². The highest BCUT2D eigenvalue weighted by atomic mass is 16.2. The summed E-state index contributed by atoms with van der Waals surface area (Å²) in [5.74, 6) is 0.371. The van der Waals surface area contributed by atoms with Crippen LogP contribution < -0.4 is 5.32 Å². The van der Waals surface area contributed by atoms with E-state index in [-0.39, 0.29) is 11.5 Å². The standard InChI is InChI=1S/C23H23N5O/c24-14-19(15-25-20-6-7-21-22(13-20)27-16-26-21)23(29)28-10-8-18(9-11-28)12-17-4-2-1-3-5-17/h1-7,13,15-16,18,25H,8-12H2,(H,26,27)/b19-15-. The fourth-order valence-corrected chi connectivity index (χ4v) is 3.78. The molecule has 0 spiro atoms. The molecule has 0 unspecified atom stereocenters. The number of nitrogens with one attached hydrogen (secondary N) is 2. The zero-order valence-corrected chi connectivity index (χ0v) is 16.1. The number of hydrogen-bond donors (Lipinski definition) is 2. The topological polar surface area (TPSA) is 84.8 Å². The van der Waals surface area contributed by atoms with Gasteiger partial charge < -0.3 is 15.2 Å². The van der Waals surface area contributed by atoms with Crippen molar-refractivity contribution in [2.24, 2.45) is 5.92 Å². The van der Waals surface area contributed by atoms with Crippen LogP contribution in [0.4, 0.5) is 5.69 Å². The maximum atomic E-state index is 12.8. The van der Waals surface area contributed by atoms with Crippen LogP contribution in [0.15, 0.2) is 66.6 Å². The molecule has 2 heterocycles. The Morgan fingerprint density at radius 1 is 1.24 bits per heavy atom. The number of hydrogen-bond acceptors (Lipinski definition) is 4. The van der Waals surface area contributed by atoms with Gasteiger partial charge in [-0.15, -0.1) is 0 Å². The van der Waals surface area contributed by atoms with Gasteiger partial charge in [-0.1, -0.05) is 30.3 Å². The summed E-state index contributed by atoms with van der Waals surface area (Å²) in [5, 5.41) is 12.5. The van der Waals surface area contributed by atoms with E-state index >= 15 is 0 Å². The average molecular weight is 385 g/mol. The van der Waals surface area contributed by atoms with E-state index in [2.05, 4.69) is 39.6 Å². The molecule has 1 saturated heterocycles. The summed E-state index contributed by atoms with van der Waals surface area (Å²) in [4.78, 5) is 21.8. The predicted octanol–water partition coefficient (Wildman–Crippen LogP) is 3.86. The SMILES string of the molecule is N#C/C(=C/Nc1ccc2nc[nH]c2c1)C(=O)N1CCC(Cc2ccccc2)CC1. The van der Waals surface area contributed by atoms with Gasteiger partial charge in [-0.05, 0) is 48.9 Å². The van der Waals surface area contributed by atoms with E-state index in [1.165, 1.54) is 11.8 Å². The Hall–Kier alpha value is -3.59. The number of aromatic nitrogens is 2. The molecule has 2 aromatic carbocycles. The Morgan fingerprint density at radius 2 is 2.03 bits per heavy atom. The number of carbonyl (C=O) groups excluding carboxylic acids is 1. The monoisotopic (exact) mass is 385 g/mol. The van der Waals surface area contributed by atoms with Crippen molar-refractivity contribution in [3.8, 4) is 6.07 Å². The van der Waals surface area contributed by atoms with Crippen molar-refractivity contribution in [2.45, 2.75) is 19.3 Å². The van der Waals surface area contributed by atoms with Crippen LogP contribution in [0.25, 0.3) is 11.0 Å². The van der Waals surface area contributed by atoms with Crippen molar-refractivity contribution in [2.75, 3.05) is 18.4 Å². The van der Waals surface area contributed by atoms with Crippen LogP contribution in [0.1, 0.15) is 18.4 Å². The number of aromatic amines is 1. The van der Waals surface area contributed by atoms with Gasteiger partial charge in [-0.2, -0.15) is 5.26 Å². The Balaban J connectivity index is 1.35. The smallest absolute Gasteiger partial charge is 0.266 e. The van der Waals surface area contributed by atoms with Gasteiger partial charge >= 0.3 is 0 Å². The highest BCUT2D eigenvalue weighted by Gasteiger charge is 2.25. The lowest BCUT2D eigenvalue weighted by atomic mass is 9.90. The number of imidazole rings is 1. The minimum Gasteiger partial charge on any atom is -0.360 e. The number of fused-ring (bicyclic) bond motifs is 1. The third kappa shape index (κ3) is 4.46. The molecule has 146 valence electrons. The molecule has 1 aromatic heterocycles. The molecule has 0 atom stereocenters. The van der Waals surface area contributed by atoms with Gasteiger partial charge in [-0.25, -0.2) is 4.98 Å². The van der Waals surface area contributed by atoms with Gasteiger partial charge in [0.1, 0.15) is 11.6 Å². The Labute approximate surface area is 169 Å². The number of H-pyrrole nitrogens is 1. The van der Waals surface area contributed by atoms with Gasteiger partial charge in [0.15, 0.2) is 0 Å². The van der Waals surface area contributed by atoms with Crippen molar-refractivity contribution in [3.05, 3.63) is 72.2 Å². The van der Waals surface area contributed by atoms with Gasteiger partial charge in [-0.3, -0.25) is 4.79 Å². The number of benzene rings is 2. The molecule has 0 bridgehead atoms. The van der Waals surface area contributed by atoms with Crippen LogP contribution in [0.3, 0.4) is 0 Å². The summed E-state index contributed by atoms with van der Waals surface area (Å²) in [5.41, 5.74) is 4.02. The van der Waals surface area contributed by atoms with Crippen LogP contribution >= 0.6 is 0 Å². The molecule has 1 aliphatic heterocycles. The number of amides is 1. The van der Waals surface area contributed by atoms with Crippen molar-refractivity contribution in [1.29, 1.82) is 5.26 Å². The summed E-state index contributed by atoms with van der Waals surface area (Å²) < 4.78 is 0. The highest BCUT2D eigenvalue weighted by molar-refractivity contribution is 5.97. The fourth-order valence-electron chi connectivity index (χ4n) is 3.78. The van der Waals surface area contributed by atoms with E-state index < -0.39 is 0 Å². The zero-order valence-electron chi connectivity index (χ0n) is 16.1. The molecule has 4 rings (SSSR count). The lowest BCUT2D eigenvalue weighted by Gasteiger charge is -2.32. The van der Waals surface area contributed by atoms with E-state index in [9.17, 15) is 10.1 Å². The Kier molecular flexibility index (Phi) is 5.57. The lowest BCUT2D eigenvalue weighted by molar-refractivity contribution is -0.128. The summed E-state index contributed by atoms with van der Waals surface area (Å²) in [6.07, 6.45) is 6.10. The highest BCUT2D eigenvalue weighted by Crippen LogP contribution is 2.23. The number of carbonyl (C=O) groups is 1. The molecule has 0 saturated carbocycles. The van der Waals surface area contributed by atoms with E-state index in [0.29, 0.717) is 19.0 Å². The van der Waals surface area contributed by atoms with Gasteiger partial charge in [0.05, 0.1) is 17.4 Å². The van der Waals surface area contributed by atoms with E-state index in [1.54, 1.807) is 11.2 Å². The second kappa shape index (κ2) is 8.61. The first-order valence-electron chi connectivity index (χ1n) is 9.86. The van der Waals surface area contributed by atoms with E-state index in [4.69, 9.17) is 0 Å². The summed E-state index contributed by atoms with van der Waals surface area (Å²) in [6.45, 7) is 1.38. The second-order valence-electron chi connectivity index (χ2n) is 7.37. The minimum absolute atomic E-state index is 0.121. The zero-order chi connectivity index (χ0) is 20.1. The molecule has 2 N–H and O–H groups in total. The summed E-state index contributed by atoms with van der Waals surface area (Å²) in [7, 11) is 0. The van der Waals surface area contributed by atoms with E-state index in [1.807, 2.05) is 30.3 Å². The molecule has 0 aliphatic carbocycles. The number of nitrogens with zero attached hydrogens (tertiary/aromatic N) is 3. The van der Waals surface area contributed by atoms with Crippen LogP contribution in [-0.2, 0) is 11.2 Å². The number of piperidine rings is 1. The maximum Gasteiger partial charge on any atom is 0.266 e. The van der Waals surface area contributed by atoms with Crippen LogP contribution in [0, 0.1) is 17.2 Å². The maximum absolute atomic E-state index is 12.8. The molecule has 6 nitrogen and oxygen atoms in total. The molecule has 3 aromatic rings. The number of rotatable bonds is 5. The van der Waals surface area contributed by atoms with Crippen LogP contribution in [-0.4, -0.2) is 33.9 Å². The molecule has 29 heavy (non-hydrogen) atoms. The molecular formula is C23H23N5O. The van der Waals surface area contributed by atoms with Gasteiger partial charge in [0.2, 0.25) is 0 Å². The molecule has 1 aliphatic rings. The van der Waals surface area contributed by atoms with Crippen molar-refractivity contribution in [3.63, 3.8) is 0 Å². The number of nitriles is 1. The quantitative estimate of drug-likeness (QED) is 0.516. The number of anilines is 1. The molecule has 6 heteroatoms. The first-order chi connectivity index (χ1) is 14.2. The van der Waals surface area contributed by atoms with Gasteiger partial charge in [0.25, 0.3) is 5.91 Å². The third-order valence-electron chi connectivity index (χ3n) is 5.42. The summed E-state index contributed by atoms with van der Waals surface area (Å²) >= 11 is 0. The Morgan fingerprint density at radius 3 is 2.79 bits per heavy atom. The average Bonchev–Trinajstić information content (AvgIpc) is 3.23. The Bertz CT molecular complexity index is 1060. The molecular weight excluding hydrogens is 362 g/mol. The normalized spacial score (nSPS) is 15.3. The van der Waals surface area contributed by atoms with Crippen LogP contribution in [0.5, 0.6) is 0 Å². The van der Waals surface area contributed by atoms with E-state index in [0.717, 1.165) is 36.0 Å². The molecule has 0 radical (unpaired) electrons. The first-order valence-corrected chi connectivity index (χ1v) is 9.86. The largest absolute Gasteiger partial charge is 0.360 e. The minimum atomic E-state index is -0.208. The molecule has 1 amide bonds. The van der Waals surface area contributed by atoms with Crippen molar-refractivity contribution in [1.82, 2.24) is 14.9 Å². The fraction of sp³-hybridized carbons (Fsp3) is 0.261. The van der Waals surface area contributed by atoms with Crippen molar-refractivity contribution < 1.29 is 4.79 Å². The second-order valence-corrected chi connectivity index (χ2v) is 7.37. The number of likely N-dealkylation sites (tertiary alicyclic amines) is 1. The van der Waals surface area contributed by atoms with Crippen molar-refractivity contribution >= 4 is 22.6 Å². The molecule has 1 fully saturated rings. The lowest BCUT2D eigenvalue weighted by Crippen LogP contribution is -2.39. The van der Waals surface area contributed by atoms with Gasteiger partial charge in [0, 0.05) is 25.0 Å². The summed E-state index contributed by atoms with van der Waals surface area (Å²) in [6, 6.07) is 18.2. The third-order valence-corrected chi connectivity index (χ3v) is 5.42. The first kappa shape index (κ1) is 18.8.